The number of nitrogens with zero attached hydrogens (tertiary/aromatic N) is 1. The van der Waals surface area contributed by atoms with E-state index in [1.54, 1.807) is 0 Å². The maximum atomic E-state index is 12.4. The third-order valence-corrected chi connectivity index (χ3v) is 4.48. The van der Waals surface area contributed by atoms with E-state index >= 15 is 0 Å². The SMILES string of the molecule is CCN(C(=O)CC1(NC)CCCCC1)C1CC1. The van der Waals surface area contributed by atoms with Gasteiger partial charge < -0.3 is 10.2 Å². The summed E-state index contributed by atoms with van der Waals surface area (Å²) in [6.07, 6.45) is 9.33. The summed E-state index contributed by atoms with van der Waals surface area (Å²) in [7, 11) is 2.02. The van der Waals surface area contributed by atoms with Gasteiger partial charge in [0.25, 0.3) is 0 Å². The van der Waals surface area contributed by atoms with Gasteiger partial charge in [0.05, 0.1) is 0 Å². The fourth-order valence-corrected chi connectivity index (χ4v) is 3.16. The molecule has 0 aromatic rings. The zero-order valence-corrected chi connectivity index (χ0v) is 11.3. The molecule has 0 saturated heterocycles. The Morgan fingerprint density at radius 2 is 1.94 bits per heavy atom. The van der Waals surface area contributed by atoms with Crippen LogP contribution >= 0.6 is 0 Å². The van der Waals surface area contributed by atoms with Gasteiger partial charge in [0, 0.05) is 24.5 Å². The second-order valence-corrected chi connectivity index (χ2v) is 5.68. The molecule has 0 aromatic carbocycles. The van der Waals surface area contributed by atoms with Crippen LogP contribution in [0.2, 0.25) is 0 Å². The molecule has 0 radical (unpaired) electrons. The van der Waals surface area contributed by atoms with Crippen molar-refractivity contribution in [3.05, 3.63) is 0 Å². The lowest BCUT2D eigenvalue weighted by atomic mass is 9.79. The molecular weight excluding hydrogens is 212 g/mol. The molecule has 3 heteroatoms. The van der Waals surface area contributed by atoms with Crippen molar-refractivity contribution in [1.29, 1.82) is 0 Å². The monoisotopic (exact) mass is 238 g/mol. The van der Waals surface area contributed by atoms with E-state index in [2.05, 4.69) is 17.1 Å². The van der Waals surface area contributed by atoms with Gasteiger partial charge in [-0.05, 0) is 39.7 Å². The highest BCUT2D eigenvalue weighted by Crippen LogP contribution is 2.33. The minimum Gasteiger partial charge on any atom is -0.340 e. The molecule has 0 bridgehead atoms. The minimum atomic E-state index is 0.0949. The molecule has 3 nitrogen and oxygen atoms in total. The van der Waals surface area contributed by atoms with Gasteiger partial charge in [-0.15, -0.1) is 0 Å². The highest BCUT2D eigenvalue weighted by atomic mass is 16.2. The van der Waals surface area contributed by atoms with E-state index in [0.29, 0.717) is 18.4 Å². The van der Waals surface area contributed by atoms with Crippen molar-refractivity contribution < 1.29 is 4.79 Å². The first kappa shape index (κ1) is 12.9. The Balaban J connectivity index is 1.94. The van der Waals surface area contributed by atoms with Gasteiger partial charge in [-0.2, -0.15) is 0 Å². The zero-order chi connectivity index (χ0) is 12.3. The largest absolute Gasteiger partial charge is 0.340 e. The molecule has 2 rings (SSSR count). The smallest absolute Gasteiger partial charge is 0.224 e. The van der Waals surface area contributed by atoms with E-state index in [-0.39, 0.29) is 5.54 Å². The summed E-state index contributed by atoms with van der Waals surface area (Å²) in [6.45, 7) is 2.98. The van der Waals surface area contributed by atoms with Gasteiger partial charge in [-0.25, -0.2) is 0 Å². The lowest BCUT2D eigenvalue weighted by molar-refractivity contribution is -0.133. The second kappa shape index (κ2) is 5.38. The first-order valence-corrected chi connectivity index (χ1v) is 7.19. The number of rotatable bonds is 5. The third kappa shape index (κ3) is 3.01. The fourth-order valence-electron chi connectivity index (χ4n) is 3.16. The minimum absolute atomic E-state index is 0.0949. The van der Waals surface area contributed by atoms with Crippen LogP contribution in [0.5, 0.6) is 0 Å². The van der Waals surface area contributed by atoms with Gasteiger partial charge in [-0.1, -0.05) is 19.3 Å². The molecule has 17 heavy (non-hydrogen) atoms. The summed E-state index contributed by atoms with van der Waals surface area (Å²) in [4.78, 5) is 14.5. The average Bonchev–Trinajstić information content (AvgIpc) is 3.16. The van der Waals surface area contributed by atoms with Crippen LogP contribution in [0.3, 0.4) is 0 Å². The first-order valence-electron chi connectivity index (χ1n) is 7.19. The van der Waals surface area contributed by atoms with Gasteiger partial charge in [-0.3, -0.25) is 4.79 Å². The van der Waals surface area contributed by atoms with E-state index in [1.165, 1.54) is 32.1 Å². The van der Waals surface area contributed by atoms with Crippen LogP contribution < -0.4 is 5.32 Å². The van der Waals surface area contributed by atoms with E-state index in [4.69, 9.17) is 0 Å². The summed E-state index contributed by atoms with van der Waals surface area (Å²) in [6, 6.07) is 0.560. The van der Waals surface area contributed by atoms with Crippen molar-refractivity contribution in [3.8, 4) is 0 Å². The Kier molecular flexibility index (Phi) is 4.08. The van der Waals surface area contributed by atoms with Crippen LogP contribution in [-0.4, -0.2) is 36.0 Å². The van der Waals surface area contributed by atoms with Crippen molar-refractivity contribution in [2.45, 2.75) is 69.9 Å². The maximum absolute atomic E-state index is 12.4. The molecule has 2 fully saturated rings. The van der Waals surface area contributed by atoms with Gasteiger partial charge in [0.15, 0.2) is 0 Å². The summed E-state index contributed by atoms with van der Waals surface area (Å²) in [5, 5.41) is 3.44. The molecule has 0 heterocycles. The Hall–Kier alpha value is -0.570. The fraction of sp³-hybridized carbons (Fsp3) is 0.929. The first-order chi connectivity index (χ1) is 8.21. The molecule has 0 spiro atoms. The lowest BCUT2D eigenvalue weighted by Gasteiger charge is -2.38. The molecule has 0 unspecified atom stereocenters. The molecule has 0 aliphatic heterocycles. The van der Waals surface area contributed by atoms with Crippen molar-refractivity contribution in [3.63, 3.8) is 0 Å². The van der Waals surface area contributed by atoms with Crippen LogP contribution in [0.15, 0.2) is 0 Å². The second-order valence-electron chi connectivity index (χ2n) is 5.68. The van der Waals surface area contributed by atoms with Gasteiger partial charge >= 0.3 is 0 Å². The summed E-state index contributed by atoms with van der Waals surface area (Å²) >= 11 is 0. The van der Waals surface area contributed by atoms with Gasteiger partial charge in [0.2, 0.25) is 5.91 Å². The maximum Gasteiger partial charge on any atom is 0.224 e. The molecule has 1 N–H and O–H groups in total. The van der Waals surface area contributed by atoms with E-state index < -0.39 is 0 Å². The standard InChI is InChI=1S/C14H26N2O/c1-3-16(12-7-8-12)13(17)11-14(15-2)9-5-4-6-10-14/h12,15H,3-11H2,1-2H3. The Morgan fingerprint density at radius 1 is 1.29 bits per heavy atom. The molecule has 0 atom stereocenters. The average molecular weight is 238 g/mol. The third-order valence-electron chi connectivity index (χ3n) is 4.48. The number of nitrogens with one attached hydrogen (secondary N) is 1. The highest BCUT2D eigenvalue weighted by molar-refractivity contribution is 5.78. The molecule has 2 aliphatic carbocycles. The predicted octanol–water partition coefficient (Wildman–Crippen LogP) is 2.31. The van der Waals surface area contributed by atoms with Crippen LogP contribution in [0.1, 0.15) is 58.3 Å². The Morgan fingerprint density at radius 3 is 2.41 bits per heavy atom. The van der Waals surface area contributed by atoms with Crippen LogP contribution in [0.4, 0.5) is 0 Å². The summed E-state index contributed by atoms with van der Waals surface area (Å²) in [5.74, 6) is 0.367. The van der Waals surface area contributed by atoms with Crippen LogP contribution in [0, 0.1) is 0 Å². The number of hydrogen-bond donors (Lipinski definition) is 1. The number of carbonyl (C=O) groups excluding carboxylic acids is 1. The van der Waals surface area contributed by atoms with Crippen molar-refractivity contribution >= 4 is 5.91 Å². The van der Waals surface area contributed by atoms with E-state index in [0.717, 1.165) is 19.4 Å². The van der Waals surface area contributed by atoms with Crippen molar-refractivity contribution in [2.24, 2.45) is 0 Å². The summed E-state index contributed by atoms with van der Waals surface area (Å²) < 4.78 is 0. The molecule has 2 aliphatic rings. The lowest BCUT2D eigenvalue weighted by Crippen LogP contribution is -2.49. The van der Waals surface area contributed by atoms with E-state index in [9.17, 15) is 4.79 Å². The number of amides is 1. The quantitative estimate of drug-likeness (QED) is 0.797. The highest BCUT2D eigenvalue weighted by Gasteiger charge is 2.37. The number of hydrogen-bond acceptors (Lipinski definition) is 2. The molecular formula is C14H26N2O. The Bertz CT molecular complexity index is 267. The Labute approximate surface area is 105 Å². The molecule has 1 amide bonds. The zero-order valence-electron chi connectivity index (χ0n) is 11.3. The molecule has 2 saturated carbocycles. The van der Waals surface area contributed by atoms with E-state index in [1.807, 2.05) is 7.05 Å². The topological polar surface area (TPSA) is 32.3 Å². The van der Waals surface area contributed by atoms with Crippen molar-refractivity contribution in [1.82, 2.24) is 10.2 Å². The normalized spacial score (nSPS) is 23.4. The molecule has 98 valence electrons. The van der Waals surface area contributed by atoms with Gasteiger partial charge in [0.1, 0.15) is 0 Å². The van der Waals surface area contributed by atoms with Crippen LogP contribution in [0.25, 0.3) is 0 Å². The molecule has 0 aromatic heterocycles. The van der Waals surface area contributed by atoms with Crippen molar-refractivity contribution in [2.75, 3.05) is 13.6 Å². The number of carbonyl (C=O) groups is 1. The predicted molar refractivity (Wildman–Crippen MR) is 69.9 cm³/mol. The van der Waals surface area contributed by atoms with Crippen LogP contribution in [-0.2, 0) is 4.79 Å². The summed E-state index contributed by atoms with van der Waals surface area (Å²) in [5.41, 5.74) is 0.0949.